The van der Waals surface area contributed by atoms with E-state index in [1.165, 1.54) is 20.3 Å². The quantitative estimate of drug-likeness (QED) is 0.0774. The molecular formula is C39H35N7O10S2. The van der Waals surface area contributed by atoms with E-state index in [1.807, 2.05) is 49.4 Å². The topological polar surface area (TPSA) is 240 Å². The van der Waals surface area contributed by atoms with E-state index in [4.69, 9.17) is 26.8 Å². The van der Waals surface area contributed by atoms with Gasteiger partial charge in [0.15, 0.2) is 5.75 Å². The first-order valence-electron chi connectivity index (χ1n) is 16.8. The van der Waals surface area contributed by atoms with Crippen molar-refractivity contribution < 1.29 is 44.9 Å². The van der Waals surface area contributed by atoms with Crippen LogP contribution in [-0.4, -0.2) is 52.0 Å². The third-order valence-corrected chi connectivity index (χ3v) is 9.13. The Hall–Kier alpha value is -7.09. The van der Waals surface area contributed by atoms with Gasteiger partial charge in [0.2, 0.25) is 0 Å². The molecule has 0 unspecified atom stereocenters. The highest BCUT2D eigenvalue weighted by Crippen LogP contribution is 2.44. The van der Waals surface area contributed by atoms with E-state index in [0.29, 0.717) is 56.3 Å². The number of methoxy groups -OCH3 is 3. The summed E-state index contributed by atoms with van der Waals surface area (Å²) >= 11 is 0. The van der Waals surface area contributed by atoms with Crippen molar-refractivity contribution in [2.75, 3.05) is 26.6 Å². The molecule has 0 aliphatic heterocycles. The lowest BCUT2D eigenvalue weighted by Gasteiger charge is -2.12. The summed E-state index contributed by atoms with van der Waals surface area (Å²) in [5.74, 6) is 0.768. The standard InChI is InChI=1S/C39H35N7O7S.O3S/c1-23-17-32(35(52-4)21-30(23)42-41-29-13-9-10-14-34(29)51-3)44-43-31-22-36(53-5)33(18-24(31)2)45-46-38-37(54(48,49)50)20-25-19-27(15-16-28(25)39(38)47)40-26-11-7-6-8-12-26;1-4(2)3/h6-22,40,47H,1-5H3,(H,48,49,50);. The summed E-state index contributed by atoms with van der Waals surface area (Å²) in [4.78, 5) is -0.620. The third-order valence-electron chi connectivity index (χ3n) is 8.26. The average molecular weight is 826 g/mol. The van der Waals surface area contributed by atoms with Crippen molar-refractivity contribution in [3.63, 3.8) is 0 Å². The molecule has 17 nitrogen and oxygen atoms in total. The van der Waals surface area contributed by atoms with Crippen molar-refractivity contribution in [3.8, 4) is 23.0 Å². The highest BCUT2D eigenvalue weighted by Gasteiger charge is 2.23. The first-order chi connectivity index (χ1) is 27.7. The highest BCUT2D eigenvalue weighted by molar-refractivity contribution is 7.86. The van der Waals surface area contributed by atoms with Crippen molar-refractivity contribution in [1.29, 1.82) is 0 Å². The van der Waals surface area contributed by atoms with E-state index >= 15 is 0 Å². The predicted octanol–water partition coefficient (Wildman–Crippen LogP) is 10.4. The summed E-state index contributed by atoms with van der Waals surface area (Å²) in [6, 6.07) is 29.6. The lowest BCUT2D eigenvalue weighted by Crippen LogP contribution is -1.99. The molecule has 0 bridgehead atoms. The number of phenols is 1. The number of hydrogen-bond acceptors (Lipinski definition) is 16. The number of rotatable bonds is 12. The van der Waals surface area contributed by atoms with Crippen LogP contribution >= 0.6 is 0 Å². The monoisotopic (exact) mass is 825 g/mol. The lowest BCUT2D eigenvalue weighted by atomic mass is 10.1. The minimum absolute atomic E-state index is 0.204. The number of benzene rings is 6. The van der Waals surface area contributed by atoms with Gasteiger partial charge in [-0.1, -0.05) is 30.3 Å². The van der Waals surface area contributed by atoms with Crippen LogP contribution in [0.5, 0.6) is 23.0 Å². The number of aromatic hydroxyl groups is 1. The smallest absolute Gasteiger partial charge is 0.425 e. The second kappa shape index (κ2) is 18.7. The molecule has 0 fully saturated rings. The second-order valence-corrected chi connectivity index (χ2v) is 13.9. The normalized spacial score (nSPS) is 11.5. The maximum Gasteiger partial charge on any atom is 0.425 e. The van der Waals surface area contributed by atoms with Gasteiger partial charge in [-0.05, 0) is 91.0 Å². The van der Waals surface area contributed by atoms with Gasteiger partial charge in [-0.2, -0.15) is 18.6 Å². The van der Waals surface area contributed by atoms with Crippen LogP contribution in [0.3, 0.4) is 0 Å². The van der Waals surface area contributed by atoms with Gasteiger partial charge in [-0.3, -0.25) is 4.55 Å². The molecule has 6 aromatic rings. The number of phenolic OH excluding ortho intramolecular Hbond substituents is 1. The fourth-order valence-corrected chi connectivity index (χ4v) is 6.12. The number of aryl methyl sites for hydroxylation is 2. The maximum absolute atomic E-state index is 12.5. The molecule has 0 aliphatic rings. The van der Waals surface area contributed by atoms with Crippen molar-refractivity contribution in [2.45, 2.75) is 18.7 Å². The molecule has 0 spiro atoms. The number of nitrogens with zero attached hydrogens (tertiary/aromatic N) is 6. The second-order valence-electron chi connectivity index (χ2n) is 12.1. The van der Waals surface area contributed by atoms with E-state index in [-0.39, 0.29) is 11.4 Å². The lowest BCUT2D eigenvalue weighted by molar-refractivity contribution is 0.415. The number of hydrogen-bond donors (Lipinski definition) is 3. The molecule has 0 aromatic heterocycles. The zero-order valence-electron chi connectivity index (χ0n) is 31.5. The summed E-state index contributed by atoms with van der Waals surface area (Å²) in [5.41, 5.74) is 4.66. The molecule has 6 aromatic carbocycles. The van der Waals surface area contributed by atoms with Gasteiger partial charge >= 0.3 is 10.6 Å². The SMILES string of the molecule is COc1ccccc1N=Nc1cc(OC)c(N=Nc2cc(OC)c(N=Nc3c(S(=O)(=O)O)cc4cc(Nc5ccccc5)ccc4c3O)cc2C)cc1C.O=S(=O)=O. The summed E-state index contributed by atoms with van der Waals surface area (Å²) in [5, 5.41) is 40.9. The van der Waals surface area contributed by atoms with Gasteiger partial charge in [-0.15, -0.1) is 33.1 Å². The molecule has 0 heterocycles. The molecule has 0 amide bonds. The number of fused-ring (bicyclic) bond motifs is 1. The Morgan fingerprint density at radius 1 is 0.569 bits per heavy atom. The minimum Gasteiger partial charge on any atom is -0.505 e. The van der Waals surface area contributed by atoms with Crippen LogP contribution in [0.2, 0.25) is 0 Å². The molecule has 19 heteroatoms. The predicted molar refractivity (Wildman–Crippen MR) is 216 cm³/mol. The molecule has 0 radical (unpaired) electrons. The average Bonchev–Trinajstić information content (AvgIpc) is 3.19. The van der Waals surface area contributed by atoms with Gasteiger partial charge in [0.25, 0.3) is 10.1 Å². The number of nitrogens with one attached hydrogen (secondary N) is 1. The van der Waals surface area contributed by atoms with E-state index in [1.54, 1.807) is 68.6 Å². The first-order valence-corrected chi connectivity index (χ1v) is 19.3. The van der Waals surface area contributed by atoms with Crippen LogP contribution in [0.4, 0.5) is 45.5 Å². The molecule has 0 atom stereocenters. The molecule has 298 valence electrons. The van der Waals surface area contributed by atoms with E-state index in [0.717, 1.165) is 11.3 Å². The summed E-state index contributed by atoms with van der Waals surface area (Å²) in [6.45, 7) is 3.64. The first kappa shape index (κ1) is 42.1. The Labute approximate surface area is 334 Å². The van der Waals surface area contributed by atoms with Crippen LogP contribution in [0, 0.1) is 13.8 Å². The summed E-state index contributed by atoms with van der Waals surface area (Å²) in [7, 11) is -3.44. The van der Waals surface area contributed by atoms with Gasteiger partial charge in [0.1, 0.15) is 44.9 Å². The molecular weight excluding hydrogens is 791 g/mol. The molecule has 0 aliphatic carbocycles. The van der Waals surface area contributed by atoms with Crippen LogP contribution in [0.25, 0.3) is 10.8 Å². The van der Waals surface area contributed by atoms with Crippen molar-refractivity contribution in [3.05, 3.63) is 114 Å². The van der Waals surface area contributed by atoms with Crippen LogP contribution in [0.1, 0.15) is 11.1 Å². The van der Waals surface area contributed by atoms with E-state index < -0.39 is 37.1 Å². The number of ether oxygens (including phenoxy) is 3. The van der Waals surface area contributed by atoms with Gasteiger partial charge in [-0.25, -0.2) is 0 Å². The maximum atomic E-state index is 12.5. The minimum atomic E-state index is -4.84. The van der Waals surface area contributed by atoms with Crippen LogP contribution < -0.4 is 19.5 Å². The van der Waals surface area contributed by atoms with Gasteiger partial charge < -0.3 is 24.6 Å². The molecule has 3 N–H and O–H groups in total. The zero-order chi connectivity index (χ0) is 42.0. The summed E-state index contributed by atoms with van der Waals surface area (Å²) < 4.78 is 77.0. The highest BCUT2D eigenvalue weighted by atomic mass is 32.2. The molecule has 0 saturated carbocycles. The van der Waals surface area contributed by atoms with Gasteiger partial charge in [0, 0.05) is 28.9 Å². The Bertz CT molecular complexity index is 2790. The molecule has 6 rings (SSSR count). The Morgan fingerprint density at radius 2 is 1.07 bits per heavy atom. The molecule has 0 saturated heterocycles. The number of azo groups is 3. The Balaban J connectivity index is 0.00000153. The van der Waals surface area contributed by atoms with Gasteiger partial charge in [0.05, 0.1) is 32.7 Å². The zero-order valence-corrected chi connectivity index (χ0v) is 33.1. The van der Waals surface area contributed by atoms with Crippen molar-refractivity contribution >= 4 is 77.0 Å². The van der Waals surface area contributed by atoms with Crippen LogP contribution in [-0.2, 0) is 20.7 Å². The fourth-order valence-electron chi connectivity index (χ4n) is 5.47. The Morgan fingerprint density at radius 3 is 1.62 bits per heavy atom. The number of para-hydroxylation sites is 2. The van der Waals surface area contributed by atoms with E-state index in [9.17, 15) is 18.1 Å². The summed E-state index contributed by atoms with van der Waals surface area (Å²) in [6.07, 6.45) is 0. The number of anilines is 2. The largest absolute Gasteiger partial charge is 0.505 e. The van der Waals surface area contributed by atoms with Crippen molar-refractivity contribution in [1.82, 2.24) is 0 Å². The third kappa shape index (κ3) is 10.4. The van der Waals surface area contributed by atoms with Crippen molar-refractivity contribution in [2.24, 2.45) is 30.7 Å². The molecule has 58 heavy (non-hydrogen) atoms. The fraction of sp³-hybridized carbons (Fsp3) is 0.128. The van der Waals surface area contributed by atoms with Crippen LogP contribution in [0.15, 0.2) is 139 Å². The Kier molecular flexibility index (Phi) is 13.6. The van der Waals surface area contributed by atoms with E-state index in [2.05, 4.69) is 36.0 Å².